The molecule has 0 atom stereocenters. The number of nitrogens with zero attached hydrogens (tertiary/aromatic N) is 4. The van der Waals surface area contributed by atoms with E-state index in [1.165, 1.54) is 75.9 Å². The maximum absolute atomic E-state index is 12.9. The predicted molar refractivity (Wildman–Crippen MR) is 565 cm³/mol. The number of hydrogen-bond donors (Lipinski definition) is 0. The van der Waals surface area contributed by atoms with Crippen LogP contribution in [0.2, 0.25) is 0 Å². The Labute approximate surface area is 780 Å². The summed E-state index contributed by atoms with van der Waals surface area (Å²) in [5.41, 5.74) is 15.3. The third kappa shape index (κ3) is 9.93. The predicted octanol–water partition coefficient (Wildman–Crippen LogP) is 32.3. The van der Waals surface area contributed by atoms with Crippen molar-refractivity contribution in [1.82, 2.24) is 19.1 Å². The molecule has 0 saturated carbocycles. The number of benzene rings is 21. The normalized spacial score (nSPS) is 12.6. The van der Waals surface area contributed by atoms with Crippen LogP contribution in [0, 0.1) is 0 Å². The Kier molecular flexibility index (Phi) is 15.1. The highest BCUT2D eigenvalue weighted by Gasteiger charge is 2.31. The minimum atomic E-state index is -0.716. The van der Waals surface area contributed by atoms with Gasteiger partial charge in [-0.15, -0.1) is 22.7 Å². The topological polar surface area (TPSA) is 209 Å². The Morgan fingerprint density at radius 2 is 0.493 bits per heavy atom. The Morgan fingerprint density at radius 3 is 0.877 bits per heavy atom. The fourth-order valence-electron chi connectivity index (χ4n) is 23.8. The molecule has 18 heteroatoms. The highest BCUT2D eigenvalue weighted by Crippen LogP contribution is 2.55. The van der Waals surface area contributed by atoms with Crippen molar-refractivity contribution in [2.24, 2.45) is 0 Å². The Bertz CT molecular complexity index is 11000. The highest BCUT2D eigenvalue weighted by molar-refractivity contribution is 7.22. The molecule has 33 aromatic rings. The van der Waals surface area contributed by atoms with Gasteiger partial charge in [-0.1, -0.05) is 182 Å². The van der Waals surface area contributed by atoms with E-state index < -0.39 is 22.5 Å². The molecule has 0 spiro atoms. The van der Waals surface area contributed by atoms with E-state index >= 15 is 0 Å². The summed E-state index contributed by atoms with van der Waals surface area (Å²) in [5, 5.41) is 35.5. The first-order chi connectivity index (χ1) is 68.0. The van der Waals surface area contributed by atoms with Gasteiger partial charge in [-0.25, -0.2) is 29.1 Å². The van der Waals surface area contributed by atoms with Gasteiger partial charge in [0.2, 0.25) is 0 Å². The lowest BCUT2D eigenvalue weighted by atomic mass is 9.87. The number of aryl methyl sites for hydroxylation is 2. The Balaban J connectivity index is 0.0000000959. The van der Waals surface area contributed by atoms with Crippen LogP contribution in [0.15, 0.2) is 370 Å². The van der Waals surface area contributed by atoms with Gasteiger partial charge in [0.1, 0.15) is 77.0 Å². The van der Waals surface area contributed by atoms with Crippen LogP contribution in [0.1, 0.15) is 13.8 Å². The minimum Gasteiger partial charge on any atom is -0.456 e. The second-order valence-electron chi connectivity index (χ2n) is 35.9. The van der Waals surface area contributed by atoms with Crippen LogP contribution >= 0.6 is 22.7 Å². The van der Waals surface area contributed by atoms with E-state index in [-0.39, 0.29) is 10.8 Å². The zero-order valence-electron chi connectivity index (χ0n) is 72.9. The zero-order chi connectivity index (χ0) is 90.8. The Morgan fingerprint density at radius 1 is 0.210 bits per heavy atom. The fraction of sp³-hybridized carbons (Fsp3) is 0.0333. The first kappa shape index (κ1) is 75.7. The number of para-hydroxylation sites is 6. The van der Waals surface area contributed by atoms with E-state index in [4.69, 9.17) is 45.3 Å². The molecule has 0 saturated heterocycles. The van der Waals surface area contributed by atoms with Crippen molar-refractivity contribution in [2.75, 3.05) is 0 Å². The molecule has 16 nitrogen and oxygen atoms in total. The van der Waals surface area contributed by atoms with Crippen LogP contribution in [0.5, 0.6) is 0 Å². The molecule has 0 amide bonds. The second-order valence-corrected chi connectivity index (χ2v) is 37.9. The first-order valence-corrected chi connectivity index (χ1v) is 47.6. The quantitative estimate of drug-likeness (QED) is 0.119. The van der Waals surface area contributed by atoms with E-state index in [0.717, 1.165) is 196 Å². The molecule has 0 aliphatic heterocycles. The average Bonchev–Trinajstić information content (AvgIpc) is 0.968. The first-order valence-electron chi connectivity index (χ1n) is 46.0. The SMILES string of the molecule is CCn1c2ccccc2c2c3oc4cccc5c4c(c3ccc21)c1cccc2oc3c(ccc4c3c3ccccc3n4CC)c5c21.O=c1oc(=O)c2cc3oc4cccc5c4c(c4cccc6oc7cc8c(=O)oc(=O)c9cccc(c98)c7c5c64)c3c3cccc1c23.c1ccc2sc(-c3cccc4c3oc3cccc5c3c4c3cccc4oc6c(-c7nc8ccccc8s7)cccc6c5c43)nc2c1. The van der Waals surface area contributed by atoms with Crippen LogP contribution in [0.3, 0.4) is 0 Å². The summed E-state index contributed by atoms with van der Waals surface area (Å²) in [6.45, 7) is 6.21. The fourth-order valence-corrected chi connectivity index (χ4v) is 25.7. The molecule has 138 heavy (non-hydrogen) atoms. The number of hydrogen-bond acceptors (Lipinski definition) is 16. The van der Waals surface area contributed by atoms with E-state index in [9.17, 15) is 19.2 Å². The van der Waals surface area contributed by atoms with Gasteiger partial charge in [-0.2, -0.15) is 0 Å². The third-order valence-corrected chi connectivity index (χ3v) is 31.3. The summed E-state index contributed by atoms with van der Waals surface area (Å²) in [6.07, 6.45) is 0. The van der Waals surface area contributed by atoms with Crippen molar-refractivity contribution in [3.8, 4) is 21.1 Å². The lowest BCUT2D eigenvalue weighted by Gasteiger charge is -2.19. The van der Waals surface area contributed by atoms with Crippen LogP contribution in [-0.2, 0) is 13.1 Å². The zero-order valence-corrected chi connectivity index (χ0v) is 74.6. The van der Waals surface area contributed by atoms with Gasteiger partial charge < -0.3 is 44.5 Å². The van der Waals surface area contributed by atoms with Gasteiger partial charge in [-0.05, 0) is 190 Å². The molecule has 12 aromatic heterocycles. The average molecular weight is 1820 g/mol. The van der Waals surface area contributed by atoms with Crippen LogP contribution < -0.4 is 22.5 Å². The maximum atomic E-state index is 12.9. The summed E-state index contributed by atoms with van der Waals surface area (Å²) in [4.78, 5) is 61.4. The van der Waals surface area contributed by atoms with Crippen LogP contribution in [-0.4, -0.2) is 19.1 Å². The summed E-state index contributed by atoms with van der Waals surface area (Å²) in [6, 6.07) is 107. The largest absolute Gasteiger partial charge is 0.456 e. The number of fused-ring (bicyclic) bond motifs is 30. The number of thiazole rings is 2. The smallest absolute Gasteiger partial charge is 0.346 e. The van der Waals surface area contributed by atoms with Crippen molar-refractivity contribution >= 4 is 326 Å². The molecule has 21 aromatic carbocycles. The molecule has 12 heterocycles. The lowest BCUT2D eigenvalue weighted by Crippen LogP contribution is -2.12. The number of rotatable bonds is 4. The van der Waals surface area contributed by atoms with Gasteiger partial charge in [0.25, 0.3) is 0 Å². The summed E-state index contributed by atoms with van der Waals surface area (Å²) < 4.78 is 58.1. The molecule has 0 aliphatic carbocycles. The molecule has 0 radical (unpaired) electrons. The van der Waals surface area contributed by atoms with Crippen molar-refractivity contribution in [3.63, 3.8) is 0 Å². The van der Waals surface area contributed by atoms with E-state index in [1.54, 1.807) is 59.1 Å². The minimum absolute atomic E-state index is 0.271. The van der Waals surface area contributed by atoms with Gasteiger partial charge in [-0.3, -0.25) is 0 Å². The number of aromatic nitrogens is 4. The molecular formula is C120H62N4O12S2. The van der Waals surface area contributed by atoms with Crippen LogP contribution in [0.25, 0.3) is 325 Å². The molecule has 0 N–H and O–H groups in total. The summed E-state index contributed by atoms with van der Waals surface area (Å²) >= 11 is 3.39. The Hall–Kier alpha value is -17.8. The van der Waals surface area contributed by atoms with Gasteiger partial charge in [0.05, 0.1) is 74.9 Å². The molecule has 646 valence electrons. The van der Waals surface area contributed by atoms with E-state index in [0.29, 0.717) is 54.6 Å². The molecule has 0 bridgehead atoms. The maximum Gasteiger partial charge on any atom is 0.346 e. The molecule has 0 fully saturated rings. The molecule has 0 aliphatic rings. The van der Waals surface area contributed by atoms with Gasteiger partial charge in [0, 0.05) is 143 Å². The summed E-state index contributed by atoms with van der Waals surface area (Å²) in [7, 11) is 0. The lowest BCUT2D eigenvalue weighted by molar-refractivity contribution is 0.488. The monoisotopic (exact) mass is 1810 g/mol. The van der Waals surface area contributed by atoms with Crippen molar-refractivity contribution in [1.29, 1.82) is 0 Å². The van der Waals surface area contributed by atoms with E-state index in [1.807, 2.05) is 60.7 Å². The third-order valence-electron chi connectivity index (χ3n) is 29.1. The van der Waals surface area contributed by atoms with Crippen molar-refractivity contribution < 1.29 is 35.3 Å². The standard InChI is InChI=1S/C42H28N2O2.C40H20N2O2S2.C38H14O8/c1-3-43-29-15-7-5-11-23(29)37-31(43)21-19-27-35-25-13-10-18-34-40(25)36(26-14-9-17-33(39(26)35)45-41(27)37)28-20-22-32-38(42(28)46-34)24-12-6-8-16-30(24)44(32)4-2;1-3-19-31-27(15-1)41-39(45-31)25-13-5-11-23-33-21-9-8-18-30-36(21)34(22-10-7-17-29(35(22)33)43-37(23)25)24-12-6-14-26(38(24)44-30)40-42-28-16-2-4-20-32(28)46-40;39-35-19-9-1-5-15-27(19)21(37(41)45-35)13-25-31(15)33-17-7-3-12-24-30(17)34(18-8-4-11-23(43-25)29(18)33)32-16-6-2-10-20-28(16)22(14-26(32)44-24)38(42)46-36(20)40/h5-22H,3-4H2,1-2H3;1-20H;1-14H. The van der Waals surface area contributed by atoms with Crippen LogP contribution in [0.4, 0.5) is 0 Å². The highest BCUT2D eigenvalue weighted by atomic mass is 32.1. The van der Waals surface area contributed by atoms with Gasteiger partial charge in [0.15, 0.2) is 0 Å². The molecule has 0 unspecified atom stereocenters. The molecular weight excluding hydrogens is 1750 g/mol. The van der Waals surface area contributed by atoms with Gasteiger partial charge >= 0.3 is 22.5 Å². The molecule has 33 rings (SSSR count). The summed E-state index contributed by atoms with van der Waals surface area (Å²) in [5.74, 6) is 0. The second kappa shape index (κ2) is 27.5. The van der Waals surface area contributed by atoms with Crippen molar-refractivity contribution in [3.05, 3.63) is 357 Å². The van der Waals surface area contributed by atoms with E-state index in [2.05, 4.69) is 241 Å². The van der Waals surface area contributed by atoms with Crippen molar-refractivity contribution in [2.45, 2.75) is 26.9 Å².